The van der Waals surface area contributed by atoms with Crippen LogP contribution in [0.5, 0.6) is 0 Å². The molecule has 1 aromatic carbocycles. The van der Waals surface area contributed by atoms with E-state index in [1.807, 2.05) is 24.3 Å². The van der Waals surface area contributed by atoms with Crippen molar-refractivity contribution in [2.45, 2.75) is 18.9 Å². The van der Waals surface area contributed by atoms with E-state index in [4.69, 9.17) is 0 Å². The summed E-state index contributed by atoms with van der Waals surface area (Å²) in [5.41, 5.74) is 2.90. The van der Waals surface area contributed by atoms with Gasteiger partial charge in [-0.1, -0.05) is 18.2 Å². The van der Waals surface area contributed by atoms with E-state index in [2.05, 4.69) is 20.6 Å². The Morgan fingerprint density at radius 3 is 2.43 bits per heavy atom. The van der Waals surface area contributed by atoms with Gasteiger partial charge in [-0.05, 0) is 59.9 Å². The molecule has 0 aliphatic heterocycles. The van der Waals surface area contributed by atoms with Crippen molar-refractivity contribution in [1.29, 1.82) is 0 Å². The van der Waals surface area contributed by atoms with E-state index >= 15 is 0 Å². The second-order valence-corrected chi connectivity index (χ2v) is 6.83. The average Bonchev–Trinajstić information content (AvgIpc) is 2.78. The number of amides is 1. The molecule has 0 aliphatic carbocycles. The van der Waals surface area contributed by atoms with Crippen molar-refractivity contribution in [3.63, 3.8) is 0 Å². The maximum absolute atomic E-state index is 12.9. The van der Waals surface area contributed by atoms with Crippen LogP contribution < -0.4 is 10.6 Å². The zero-order chi connectivity index (χ0) is 21.2. The number of carboxylic acid groups (broad SMARTS) is 1. The van der Waals surface area contributed by atoms with Crippen molar-refractivity contribution in [2.75, 3.05) is 13.1 Å². The maximum atomic E-state index is 12.9. The standard InChI is InChI=1S/C23H24N4O3/c28-22(27-14-9-18-3-2-10-25-16-18)21(19-4-1-5-20(15-19)23(29)30)26-13-8-17-6-11-24-12-7-17/h1-7,10-12,15-16,21,26H,8-9,13-14H2,(H,27,28)(H,29,30). The van der Waals surface area contributed by atoms with E-state index in [1.165, 1.54) is 12.1 Å². The van der Waals surface area contributed by atoms with Gasteiger partial charge in [-0.15, -0.1) is 0 Å². The Labute approximate surface area is 175 Å². The summed E-state index contributed by atoms with van der Waals surface area (Å²) in [7, 11) is 0. The SMILES string of the molecule is O=C(O)c1cccc(C(NCCc2ccncc2)C(=O)NCCc2cccnc2)c1. The lowest BCUT2D eigenvalue weighted by Gasteiger charge is -2.19. The molecule has 0 saturated heterocycles. The second-order valence-electron chi connectivity index (χ2n) is 6.83. The summed E-state index contributed by atoms with van der Waals surface area (Å²) in [4.78, 5) is 32.3. The zero-order valence-electron chi connectivity index (χ0n) is 16.5. The summed E-state index contributed by atoms with van der Waals surface area (Å²) in [6.07, 6.45) is 8.33. The van der Waals surface area contributed by atoms with Crippen LogP contribution in [0, 0.1) is 0 Å². The molecule has 3 aromatic rings. The molecule has 1 unspecified atom stereocenters. The van der Waals surface area contributed by atoms with E-state index in [0.717, 1.165) is 17.5 Å². The van der Waals surface area contributed by atoms with Gasteiger partial charge in [-0.2, -0.15) is 0 Å². The molecule has 3 rings (SSSR count). The molecule has 0 bridgehead atoms. The lowest BCUT2D eigenvalue weighted by Crippen LogP contribution is -2.39. The number of nitrogens with zero attached hydrogens (tertiary/aromatic N) is 2. The third kappa shape index (κ3) is 6.22. The minimum absolute atomic E-state index is 0.150. The lowest BCUT2D eigenvalue weighted by molar-refractivity contribution is -0.123. The smallest absolute Gasteiger partial charge is 0.335 e. The third-order valence-corrected chi connectivity index (χ3v) is 4.68. The molecule has 154 valence electrons. The van der Waals surface area contributed by atoms with Gasteiger partial charge < -0.3 is 15.7 Å². The van der Waals surface area contributed by atoms with Gasteiger partial charge in [-0.25, -0.2) is 4.79 Å². The number of carbonyl (C=O) groups excluding carboxylic acids is 1. The second kappa shape index (κ2) is 10.8. The van der Waals surface area contributed by atoms with E-state index < -0.39 is 12.0 Å². The van der Waals surface area contributed by atoms with Crippen molar-refractivity contribution in [3.05, 3.63) is 95.6 Å². The third-order valence-electron chi connectivity index (χ3n) is 4.68. The Morgan fingerprint density at radius 2 is 1.70 bits per heavy atom. The number of benzene rings is 1. The predicted molar refractivity (Wildman–Crippen MR) is 113 cm³/mol. The molecule has 3 N–H and O–H groups in total. The van der Waals surface area contributed by atoms with E-state index in [-0.39, 0.29) is 11.5 Å². The summed E-state index contributed by atoms with van der Waals surface area (Å²) >= 11 is 0. The molecular weight excluding hydrogens is 380 g/mol. The first kappa shape index (κ1) is 21.1. The van der Waals surface area contributed by atoms with Gasteiger partial charge in [0.1, 0.15) is 6.04 Å². The Kier molecular flexibility index (Phi) is 7.63. The molecule has 0 aliphatic rings. The zero-order valence-corrected chi connectivity index (χ0v) is 16.5. The number of carbonyl (C=O) groups is 2. The van der Waals surface area contributed by atoms with E-state index in [1.54, 1.807) is 36.9 Å². The number of pyridine rings is 2. The Morgan fingerprint density at radius 1 is 0.900 bits per heavy atom. The van der Waals surface area contributed by atoms with Crippen LogP contribution in [0.15, 0.2) is 73.3 Å². The molecule has 2 heterocycles. The van der Waals surface area contributed by atoms with Crippen LogP contribution in [0.2, 0.25) is 0 Å². The quantitative estimate of drug-likeness (QED) is 0.479. The minimum Gasteiger partial charge on any atom is -0.478 e. The number of carboxylic acids is 1. The van der Waals surface area contributed by atoms with E-state index in [0.29, 0.717) is 25.1 Å². The minimum atomic E-state index is -1.02. The van der Waals surface area contributed by atoms with Crippen LogP contribution >= 0.6 is 0 Å². The predicted octanol–water partition coefficient (Wildman–Crippen LogP) is 2.41. The number of aromatic carboxylic acids is 1. The van der Waals surface area contributed by atoms with Gasteiger partial charge in [-0.3, -0.25) is 14.8 Å². The van der Waals surface area contributed by atoms with Crippen molar-refractivity contribution >= 4 is 11.9 Å². The van der Waals surface area contributed by atoms with Crippen molar-refractivity contribution < 1.29 is 14.7 Å². The molecule has 1 amide bonds. The number of rotatable bonds is 10. The van der Waals surface area contributed by atoms with Crippen LogP contribution in [0.3, 0.4) is 0 Å². The van der Waals surface area contributed by atoms with Crippen molar-refractivity contribution in [1.82, 2.24) is 20.6 Å². The lowest BCUT2D eigenvalue weighted by atomic mass is 10.0. The van der Waals surface area contributed by atoms with Crippen molar-refractivity contribution in [2.24, 2.45) is 0 Å². The molecule has 0 radical (unpaired) electrons. The monoisotopic (exact) mass is 404 g/mol. The average molecular weight is 404 g/mol. The molecule has 7 heteroatoms. The van der Waals surface area contributed by atoms with Gasteiger partial charge in [0.15, 0.2) is 0 Å². The van der Waals surface area contributed by atoms with Crippen LogP contribution in [0.1, 0.15) is 33.1 Å². The number of nitrogens with one attached hydrogen (secondary N) is 2. The van der Waals surface area contributed by atoms with Crippen LogP contribution in [0.25, 0.3) is 0 Å². The maximum Gasteiger partial charge on any atom is 0.335 e. The summed E-state index contributed by atoms with van der Waals surface area (Å²) in [6.45, 7) is 1.02. The molecule has 7 nitrogen and oxygen atoms in total. The van der Waals surface area contributed by atoms with Crippen LogP contribution in [-0.2, 0) is 17.6 Å². The first-order valence-corrected chi connectivity index (χ1v) is 9.75. The molecule has 30 heavy (non-hydrogen) atoms. The molecule has 1 atom stereocenters. The summed E-state index contributed by atoms with van der Waals surface area (Å²) in [5, 5.41) is 15.5. The van der Waals surface area contributed by atoms with Crippen LogP contribution in [0.4, 0.5) is 0 Å². The van der Waals surface area contributed by atoms with Gasteiger partial charge in [0.2, 0.25) is 5.91 Å². The highest BCUT2D eigenvalue weighted by atomic mass is 16.4. The molecule has 0 spiro atoms. The Hall–Kier alpha value is -3.58. The first-order valence-electron chi connectivity index (χ1n) is 9.75. The summed E-state index contributed by atoms with van der Waals surface area (Å²) < 4.78 is 0. The summed E-state index contributed by atoms with van der Waals surface area (Å²) in [6, 6.07) is 13.5. The first-order chi connectivity index (χ1) is 14.6. The molecule has 2 aromatic heterocycles. The van der Waals surface area contributed by atoms with E-state index in [9.17, 15) is 14.7 Å². The number of aromatic nitrogens is 2. The highest BCUT2D eigenvalue weighted by molar-refractivity contribution is 5.89. The fraction of sp³-hybridized carbons (Fsp3) is 0.217. The van der Waals surface area contributed by atoms with Gasteiger partial charge in [0, 0.05) is 37.9 Å². The van der Waals surface area contributed by atoms with Gasteiger partial charge >= 0.3 is 5.97 Å². The fourth-order valence-electron chi connectivity index (χ4n) is 3.10. The molecule has 0 fully saturated rings. The Bertz CT molecular complexity index is 964. The highest BCUT2D eigenvalue weighted by Crippen LogP contribution is 2.16. The fourth-order valence-corrected chi connectivity index (χ4v) is 3.10. The normalized spacial score (nSPS) is 11.6. The topological polar surface area (TPSA) is 104 Å². The number of hydrogen-bond acceptors (Lipinski definition) is 5. The van der Waals surface area contributed by atoms with Gasteiger partial charge in [0.05, 0.1) is 5.56 Å². The summed E-state index contributed by atoms with van der Waals surface area (Å²) in [5.74, 6) is -1.22. The molecular formula is C23H24N4O3. The largest absolute Gasteiger partial charge is 0.478 e. The number of hydrogen-bond donors (Lipinski definition) is 3. The van der Waals surface area contributed by atoms with Crippen molar-refractivity contribution in [3.8, 4) is 0 Å². The van der Waals surface area contributed by atoms with Crippen LogP contribution in [-0.4, -0.2) is 40.0 Å². The Balaban J connectivity index is 1.66. The molecule has 0 saturated carbocycles. The van der Waals surface area contributed by atoms with Gasteiger partial charge in [0.25, 0.3) is 0 Å². The highest BCUT2D eigenvalue weighted by Gasteiger charge is 2.21.